The Morgan fingerprint density at radius 2 is 1.77 bits per heavy atom. The fourth-order valence-electron chi connectivity index (χ4n) is 8.55. The van der Waals surface area contributed by atoms with Gasteiger partial charge in [-0.25, -0.2) is 0 Å². The number of thiophene rings is 1. The Bertz CT molecular complexity index is 2840. The number of rotatable bonds is 14. The summed E-state index contributed by atoms with van der Waals surface area (Å²) in [5.41, 5.74) is -3.83. The van der Waals surface area contributed by atoms with Gasteiger partial charge in [0.2, 0.25) is 29.5 Å². The van der Waals surface area contributed by atoms with E-state index in [0.29, 0.717) is 53.7 Å². The molecule has 2 saturated heterocycles. The highest BCUT2D eigenvalue weighted by molar-refractivity contribution is 14.1. The number of carbonyl (C=O) groups is 7. The van der Waals surface area contributed by atoms with Gasteiger partial charge in [-0.15, -0.1) is 11.3 Å². The first-order valence-corrected chi connectivity index (χ1v) is 25.7. The van der Waals surface area contributed by atoms with Crippen molar-refractivity contribution >= 4 is 98.6 Å². The van der Waals surface area contributed by atoms with Crippen molar-refractivity contribution in [3.05, 3.63) is 97.4 Å². The molecular formula is C48H50F2IN6O10PS. The minimum absolute atomic E-state index is 0.00442. The zero-order valence-corrected chi connectivity index (χ0v) is 41.7. The first-order chi connectivity index (χ1) is 32.5. The van der Waals surface area contributed by atoms with Crippen LogP contribution in [0.25, 0.3) is 10.1 Å². The first-order valence-electron chi connectivity index (χ1n) is 22.2. The number of hydrogen-bond acceptors (Lipinski definition) is 9. The number of carbonyl (C=O) groups excluding carboxylic acids is 7. The summed E-state index contributed by atoms with van der Waals surface area (Å²) in [6.45, 7) is 6.01. The number of nitrogens with zero attached hydrogens (tertiary/aromatic N) is 3. The second-order valence-corrected chi connectivity index (χ2v) is 22.1. The minimum atomic E-state index is -5.83. The van der Waals surface area contributed by atoms with Gasteiger partial charge in [-0.1, -0.05) is 44.7 Å². The molecule has 4 aromatic rings. The normalized spacial score (nSPS) is 17.8. The molecule has 0 radical (unpaired) electrons. The van der Waals surface area contributed by atoms with Gasteiger partial charge in [0.05, 0.1) is 4.88 Å². The molecule has 7 amide bonds. The van der Waals surface area contributed by atoms with Crippen LogP contribution in [0.1, 0.15) is 102 Å². The summed E-state index contributed by atoms with van der Waals surface area (Å²) >= 11 is 3.10. The van der Waals surface area contributed by atoms with E-state index in [-0.39, 0.29) is 66.9 Å². The van der Waals surface area contributed by atoms with Gasteiger partial charge in [0, 0.05) is 76.1 Å². The van der Waals surface area contributed by atoms with E-state index in [4.69, 9.17) is 0 Å². The Kier molecular flexibility index (Phi) is 15.4. The van der Waals surface area contributed by atoms with Crippen LogP contribution in [-0.2, 0) is 40.7 Å². The molecular weight excluding hydrogens is 1050 g/mol. The Labute approximate surface area is 414 Å². The summed E-state index contributed by atoms with van der Waals surface area (Å²) in [6, 6.07) is 14.0. The van der Waals surface area contributed by atoms with Crippen LogP contribution < -0.4 is 20.9 Å². The Morgan fingerprint density at radius 1 is 1.03 bits per heavy atom. The monoisotopic (exact) mass is 1100 g/mol. The van der Waals surface area contributed by atoms with E-state index in [0.717, 1.165) is 32.6 Å². The maximum absolute atomic E-state index is 14.5. The van der Waals surface area contributed by atoms with Gasteiger partial charge in [0.15, 0.2) is 0 Å². The zero-order valence-electron chi connectivity index (χ0n) is 37.9. The Balaban J connectivity index is 0.965. The van der Waals surface area contributed by atoms with Gasteiger partial charge in [-0.05, 0) is 119 Å². The number of alkyl halides is 2. The number of imide groups is 1. The maximum Gasteiger partial charge on any atom is 0.399 e. The number of hydrogen-bond donors (Lipinski definition) is 5. The van der Waals surface area contributed by atoms with E-state index in [1.165, 1.54) is 26.8 Å². The van der Waals surface area contributed by atoms with Gasteiger partial charge < -0.3 is 35.1 Å². The topological polar surface area (TPSA) is 223 Å². The van der Waals surface area contributed by atoms with Gasteiger partial charge >= 0.3 is 13.3 Å². The predicted molar refractivity (Wildman–Crippen MR) is 261 cm³/mol. The van der Waals surface area contributed by atoms with Crippen LogP contribution in [0.3, 0.4) is 0 Å². The van der Waals surface area contributed by atoms with Crippen molar-refractivity contribution in [1.82, 2.24) is 25.8 Å². The van der Waals surface area contributed by atoms with Crippen LogP contribution in [0.15, 0.2) is 66.7 Å². The molecule has 3 unspecified atom stereocenters. The van der Waals surface area contributed by atoms with Crippen molar-refractivity contribution in [2.45, 2.75) is 96.1 Å². The molecule has 1 aromatic heterocycles. The third kappa shape index (κ3) is 11.4. The van der Waals surface area contributed by atoms with Crippen molar-refractivity contribution < 1.29 is 56.7 Å². The van der Waals surface area contributed by atoms with Gasteiger partial charge in [0.1, 0.15) is 18.1 Å². The molecule has 3 aliphatic rings. The number of nitrogens with one attached hydrogen (secondary N) is 3. The molecule has 0 saturated carbocycles. The van der Waals surface area contributed by atoms with Crippen LogP contribution in [0.4, 0.5) is 14.5 Å². The largest absolute Gasteiger partial charge is 0.399 e. The summed E-state index contributed by atoms with van der Waals surface area (Å²) in [7, 11) is -5.83. The number of unbranched alkanes of at least 4 members (excludes halogenated alkanes) is 1. The molecule has 364 valence electrons. The molecule has 21 heteroatoms. The van der Waals surface area contributed by atoms with Crippen LogP contribution >= 0.6 is 41.5 Å². The summed E-state index contributed by atoms with van der Waals surface area (Å²) in [6.07, 6.45) is 2.14. The molecule has 0 aliphatic carbocycles. The molecule has 16 nitrogen and oxygen atoms in total. The highest BCUT2D eigenvalue weighted by Gasteiger charge is 2.50. The fraction of sp³-hybridized carbons (Fsp3) is 0.396. The second kappa shape index (κ2) is 20.8. The number of anilines is 1. The van der Waals surface area contributed by atoms with Gasteiger partial charge in [-0.2, -0.15) is 8.78 Å². The van der Waals surface area contributed by atoms with E-state index >= 15 is 0 Å². The second-order valence-electron chi connectivity index (χ2n) is 18.1. The lowest BCUT2D eigenvalue weighted by atomic mass is 9.85. The molecule has 0 bridgehead atoms. The third-order valence-corrected chi connectivity index (χ3v) is 15.1. The highest BCUT2D eigenvalue weighted by Crippen LogP contribution is 2.59. The lowest BCUT2D eigenvalue weighted by Crippen LogP contribution is -2.58. The molecule has 3 aliphatic heterocycles. The number of benzene rings is 3. The van der Waals surface area contributed by atoms with E-state index < -0.39 is 66.0 Å². The quantitative estimate of drug-likeness (QED) is 0.0326. The SMILES string of the molecule is CC(C)(C)C(NC(=O)c1cc2cc(C(F)(F)P(=O)(O)O)ccc2s1)C(=O)N1CCCC1C(=O)N(CCC(=O)NCCCC#Cc1cccc2c1CN(C1CCC(=O)NC1=O)C2=O)c1ccc(I)cc1. The van der Waals surface area contributed by atoms with Crippen molar-refractivity contribution in [3.8, 4) is 11.8 Å². The average Bonchev–Trinajstić information content (AvgIpc) is 4.04. The summed E-state index contributed by atoms with van der Waals surface area (Å²) < 4.78 is 41.8. The Morgan fingerprint density at radius 3 is 2.46 bits per heavy atom. The van der Waals surface area contributed by atoms with E-state index in [9.17, 15) is 56.7 Å². The maximum atomic E-state index is 14.5. The average molecular weight is 1100 g/mol. The summed E-state index contributed by atoms with van der Waals surface area (Å²) in [5, 5.41) is 8.15. The standard InChI is InChI=1S/C48H50F2IN6O10PS/c1-47(2,3)41(54-43(61)38-26-29-25-30(13-19-37(29)69-38)48(49,50)68(65,66)67)46(64)56-23-8-12-36(56)45(63)55(32-16-14-31(51)15-17-32)24-21-39(58)52-22-6-4-5-9-28-10-7-11-33-34(28)27-57(44(33)62)35-18-20-40(59)53-42(35)60/h7,10-11,13-17,19,25-26,35-36,41H,4,6,8,12,18,20-24,27H2,1-3H3,(H,52,58)(H,54,61)(H,53,59,60)(H2,65,66,67). The number of fused-ring (bicyclic) bond motifs is 2. The van der Waals surface area contributed by atoms with Crippen LogP contribution in [-0.4, -0.2) is 98.7 Å². The van der Waals surface area contributed by atoms with E-state index in [1.54, 1.807) is 51.1 Å². The van der Waals surface area contributed by atoms with Crippen molar-refractivity contribution in [3.63, 3.8) is 0 Å². The summed E-state index contributed by atoms with van der Waals surface area (Å²) in [4.78, 5) is 116. The molecule has 69 heavy (non-hydrogen) atoms. The van der Waals surface area contributed by atoms with Crippen LogP contribution in [0, 0.1) is 20.8 Å². The minimum Gasteiger partial charge on any atom is -0.356 e. The predicted octanol–water partition coefficient (Wildman–Crippen LogP) is 6.00. The number of piperidine rings is 1. The molecule has 2 fully saturated rings. The zero-order chi connectivity index (χ0) is 50.0. The van der Waals surface area contributed by atoms with E-state index in [1.807, 2.05) is 12.1 Å². The highest BCUT2D eigenvalue weighted by atomic mass is 127. The van der Waals surface area contributed by atoms with E-state index in [2.05, 4.69) is 50.4 Å². The number of amides is 7. The third-order valence-electron chi connectivity index (χ3n) is 12.2. The van der Waals surface area contributed by atoms with Gasteiger partial charge in [-0.3, -0.25) is 43.4 Å². The number of halogens is 3. The fourth-order valence-corrected chi connectivity index (χ4v) is 10.3. The lowest BCUT2D eigenvalue weighted by Gasteiger charge is -2.36. The van der Waals surface area contributed by atoms with Crippen molar-refractivity contribution in [2.75, 3.05) is 24.5 Å². The van der Waals surface area contributed by atoms with Crippen LogP contribution in [0.2, 0.25) is 0 Å². The molecule has 4 heterocycles. The summed E-state index contributed by atoms with van der Waals surface area (Å²) in [5.74, 6) is 3.22. The van der Waals surface area contributed by atoms with Gasteiger partial charge in [0.25, 0.3) is 11.8 Å². The van der Waals surface area contributed by atoms with Crippen molar-refractivity contribution in [1.29, 1.82) is 0 Å². The lowest BCUT2D eigenvalue weighted by molar-refractivity contribution is -0.141. The van der Waals surface area contributed by atoms with Crippen LogP contribution in [0.5, 0.6) is 0 Å². The smallest absolute Gasteiger partial charge is 0.356 e. The first kappa shape index (κ1) is 51.3. The Hall–Kier alpha value is -5.59. The molecule has 3 atom stereocenters. The number of likely N-dealkylation sites (tertiary alicyclic amines) is 1. The molecule has 3 aromatic carbocycles. The van der Waals surface area contributed by atoms with Crippen molar-refractivity contribution in [2.24, 2.45) is 5.41 Å². The molecule has 5 N–H and O–H groups in total. The molecule has 7 rings (SSSR count). The molecule has 0 spiro atoms.